The fourth-order valence-corrected chi connectivity index (χ4v) is 5.44. The molecular formula is C32H38N6O4. The van der Waals surface area contributed by atoms with E-state index in [2.05, 4.69) is 40.3 Å². The minimum atomic E-state index is -0.536. The average Bonchev–Trinajstić information content (AvgIpc) is 3.37. The summed E-state index contributed by atoms with van der Waals surface area (Å²) in [6, 6.07) is 14.2. The van der Waals surface area contributed by atoms with E-state index in [9.17, 15) is 9.59 Å². The number of nitrogens with one attached hydrogen (secondary N) is 1. The Morgan fingerprint density at radius 1 is 1.10 bits per heavy atom. The van der Waals surface area contributed by atoms with Gasteiger partial charge in [0.05, 0.1) is 30.1 Å². The Kier molecular flexibility index (Phi) is 8.44. The second kappa shape index (κ2) is 12.2. The van der Waals surface area contributed by atoms with E-state index in [1.807, 2.05) is 36.4 Å². The lowest BCUT2D eigenvalue weighted by molar-refractivity contribution is 0.0378. The zero-order valence-corrected chi connectivity index (χ0v) is 25.0. The van der Waals surface area contributed by atoms with E-state index in [1.165, 1.54) is 13.1 Å². The van der Waals surface area contributed by atoms with E-state index in [-0.39, 0.29) is 23.5 Å². The van der Waals surface area contributed by atoms with E-state index < -0.39 is 5.97 Å². The predicted octanol–water partition coefficient (Wildman–Crippen LogP) is 5.61. The number of anilines is 3. The third kappa shape index (κ3) is 5.94. The Morgan fingerprint density at radius 2 is 1.83 bits per heavy atom. The number of aromatic nitrogens is 3. The van der Waals surface area contributed by atoms with Gasteiger partial charge in [0.1, 0.15) is 11.3 Å². The van der Waals surface area contributed by atoms with Gasteiger partial charge in [-0.15, -0.1) is 0 Å². The second-order valence-electron chi connectivity index (χ2n) is 11.1. The van der Waals surface area contributed by atoms with Crippen molar-refractivity contribution in [1.29, 1.82) is 0 Å². The van der Waals surface area contributed by atoms with Crippen LogP contribution in [0.15, 0.2) is 54.9 Å². The maximum absolute atomic E-state index is 13.1. The Labute approximate surface area is 246 Å². The predicted molar refractivity (Wildman–Crippen MR) is 165 cm³/mol. The number of rotatable bonds is 8. The molecule has 0 radical (unpaired) electrons. The van der Waals surface area contributed by atoms with E-state index in [0.29, 0.717) is 28.7 Å². The van der Waals surface area contributed by atoms with E-state index in [0.717, 1.165) is 42.5 Å². The number of carbonyl (C=O) groups excluding carboxylic acids is 2. The van der Waals surface area contributed by atoms with Crippen LogP contribution in [0.3, 0.4) is 0 Å². The minimum Gasteiger partial charge on any atom is -0.494 e. The monoisotopic (exact) mass is 570 g/mol. The quantitative estimate of drug-likeness (QED) is 0.271. The highest BCUT2D eigenvalue weighted by Gasteiger charge is 2.24. The van der Waals surface area contributed by atoms with Crippen LogP contribution >= 0.6 is 0 Å². The molecule has 1 aliphatic heterocycles. The van der Waals surface area contributed by atoms with Crippen LogP contribution in [0.25, 0.3) is 22.2 Å². The number of piperidine rings is 1. The lowest BCUT2D eigenvalue weighted by Gasteiger charge is -2.36. The molecule has 3 heterocycles. The molecule has 4 aromatic rings. The third-order valence-corrected chi connectivity index (χ3v) is 7.65. The molecule has 1 saturated heterocycles. The van der Waals surface area contributed by atoms with Crippen LogP contribution < -0.4 is 15.0 Å². The topological polar surface area (TPSA) is 102 Å². The van der Waals surface area contributed by atoms with Gasteiger partial charge in [0, 0.05) is 61.2 Å². The van der Waals surface area contributed by atoms with Crippen LogP contribution in [0.5, 0.6) is 5.75 Å². The number of carbonyl (C=O) groups is 2. The second-order valence-corrected chi connectivity index (χ2v) is 11.1. The fourth-order valence-electron chi connectivity index (χ4n) is 5.44. The van der Waals surface area contributed by atoms with E-state index in [4.69, 9.17) is 14.5 Å². The zero-order chi connectivity index (χ0) is 30.0. The number of para-hydroxylation sites is 1. The fraction of sp³-hybridized carbons (Fsp3) is 0.375. The molecule has 0 unspecified atom stereocenters. The Bertz CT molecular complexity index is 1600. The maximum Gasteiger partial charge on any atom is 0.342 e. The number of nitrogens with zero attached hydrogens (tertiary/aromatic N) is 5. The van der Waals surface area contributed by atoms with Gasteiger partial charge in [0.15, 0.2) is 0 Å². The largest absolute Gasteiger partial charge is 0.494 e. The Hall–Kier alpha value is -4.44. The molecule has 2 aromatic heterocycles. The van der Waals surface area contributed by atoms with Crippen molar-refractivity contribution < 1.29 is 19.1 Å². The summed E-state index contributed by atoms with van der Waals surface area (Å²) in [7, 11) is 5.91. The highest BCUT2D eigenvalue weighted by Crippen LogP contribution is 2.35. The van der Waals surface area contributed by atoms with Gasteiger partial charge in [-0.3, -0.25) is 9.36 Å². The van der Waals surface area contributed by atoms with Gasteiger partial charge in [0.2, 0.25) is 11.9 Å². The van der Waals surface area contributed by atoms with Crippen molar-refractivity contribution in [3.8, 4) is 17.0 Å². The summed E-state index contributed by atoms with van der Waals surface area (Å²) in [6.07, 6.45) is 5.07. The summed E-state index contributed by atoms with van der Waals surface area (Å²) in [6.45, 7) is 7.03. The number of hydrogen-bond donors (Lipinski definition) is 1. The van der Waals surface area contributed by atoms with Crippen LogP contribution in [-0.4, -0.2) is 77.8 Å². The van der Waals surface area contributed by atoms with E-state index in [1.54, 1.807) is 31.7 Å². The van der Waals surface area contributed by atoms with Crippen molar-refractivity contribution in [1.82, 2.24) is 19.4 Å². The minimum absolute atomic E-state index is 0.146. The summed E-state index contributed by atoms with van der Waals surface area (Å²) in [5.41, 5.74) is 3.73. The lowest BCUT2D eigenvalue weighted by atomic mass is 10.0. The standard InChI is InChI=1S/C32H38N6O4/c1-20(2)42-31(40)25-18-33-32(35-30(25)26-19-38(21(3)39)28-10-8-7-9-24(26)28)34-27-12-11-23(17-29(27)41-6)37-15-13-22(14-16-37)36(4)5/h7-12,17-20,22H,13-16H2,1-6H3,(H,33,34,35). The van der Waals surface area contributed by atoms with Gasteiger partial charge in [0.25, 0.3) is 0 Å². The van der Waals surface area contributed by atoms with Gasteiger partial charge in [-0.25, -0.2) is 14.8 Å². The SMILES string of the molecule is COc1cc(N2CCC(N(C)C)CC2)ccc1Nc1ncc(C(=O)OC(C)C)c(-c2cn(C(C)=O)c3ccccc23)n1. The van der Waals surface area contributed by atoms with Crippen LogP contribution in [-0.2, 0) is 4.74 Å². The van der Waals surface area contributed by atoms with Gasteiger partial charge < -0.3 is 24.6 Å². The number of esters is 1. The molecule has 5 rings (SSSR count). The molecule has 2 aromatic carbocycles. The first kappa shape index (κ1) is 29.1. The van der Waals surface area contributed by atoms with E-state index >= 15 is 0 Å². The third-order valence-electron chi connectivity index (χ3n) is 7.65. The Balaban J connectivity index is 1.51. The first-order valence-electron chi connectivity index (χ1n) is 14.2. The summed E-state index contributed by atoms with van der Waals surface area (Å²) in [5.74, 6) is 0.255. The molecule has 0 atom stereocenters. The van der Waals surface area contributed by atoms with Crippen molar-refractivity contribution in [2.24, 2.45) is 0 Å². The lowest BCUT2D eigenvalue weighted by Crippen LogP contribution is -2.41. The van der Waals surface area contributed by atoms with Crippen LogP contribution in [0, 0.1) is 0 Å². The molecule has 0 bridgehead atoms. The molecule has 0 saturated carbocycles. The summed E-state index contributed by atoms with van der Waals surface area (Å²) in [4.78, 5) is 39.5. The molecule has 1 fully saturated rings. The number of benzene rings is 2. The maximum atomic E-state index is 13.1. The summed E-state index contributed by atoms with van der Waals surface area (Å²) in [5, 5.41) is 4.06. The number of fused-ring (bicyclic) bond motifs is 1. The van der Waals surface area contributed by atoms with Crippen molar-refractivity contribution >= 4 is 40.1 Å². The molecule has 1 aliphatic rings. The Morgan fingerprint density at radius 3 is 2.50 bits per heavy atom. The van der Waals surface area contributed by atoms with Crippen molar-refractivity contribution in [3.05, 3.63) is 60.4 Å². The molecule has 0 spiro atoms. The number of ether oxygens (including phenoxy) is 2. The molecule has 42 heavy (non-hydrogen) atoms. The van der Waals surface area contributed by atoms with Gasteiger partial charge >= 0.3 is 5.97 Å². The molecule has 220 valence electrons. The molecule has 1 N–H and O–H groups in total. The molecule has 10 nitrogen and oxygen atoms in total. The van der Waals surface area contributed by atoms with Gasteiger partial charge in [-0.1, -0.05) is 18.2 Å². The summed E-state index contributed by atoms with van der Waals surface area (Å²) < 4.78 is 12.8. The zero-order valence-electron chi connectivity index (χ0n) is 25.0. The number of hydrogen-bond acceptors (Lipinski definition) is 9. The number of methoxy groups -OCH3 is 1. The first-order chi connectivity index (χ1) is 20.2. The normalized spacial score (nSPS) is 14.0. The molecule has 10 heteroatoms. The van der Waals surface area contributed by atoms with Gasteiger partial charge in [-0.05, 0) is 59.0 Å². The first-order valence-corrected chi connectivity index (χ1v) is 14.2. The van der Waals surface area contributed by atoms with Crippen molar-refractivity contribution in [2.75, 3.05) is 44.5 Å². The summed E-state index contributed by atoms with van der Waals surface area (Å²) >= 11 is 0. The van der Waals surface area contributed by atoms with Crippen molar-refractivity contribution in [2.45, 2.75) is 45.8 Å². The molecule has 0 amide bonds. The smallest absolute Gasteiger partial charge is 0.342 e. The average molecular weight is 571 g/mol. The molecule has 0 aliphatic carbocycles. The highest BCUT2D eigenvalue weighted by molar-refractivity contribution is 6.05. The molecular weight excluding hydrogens is 532 g/mol. The van der Waals surface area contributed by atoms with Crippen LogP contribution in [0.2, 0.25) is 0 Å². The van der Waals surface area contributed by atoms with Crippen LogP contribution in [0.4, 0.5) is 17.3 Å². The highest BCUT2D eigenvalue weighted by atomic mass is 16.5. The van der Waals surface area contributed by atoms with Crippen molar-refractivity contribution in [3.63, 3.8) is 0 Å². The van der Waals surface area contributed by atoms with Gasteiger partial charge in [-0.2, -0.15) is 0 Å². The van der Waals surface area contributed by atoms with Crippen LogP contribution in [0.1, 0.15) is 48.8 Å².